The third-order valence-corrected chi connectivity index (χ3v) is 2.52. The molecule has 1 atom stereocenters. The smallest absolute Gasteiger partial charge is 0.214 e. The average Bonchev–Trinajstić information content (AvgIpc) is 2.69. The molecule has 2 heterocycles. The Kier molecular flexibility index (Phi) is 2.63. The second-order valence-electron chi connectivity index (χ2n) is 3.45. The number of nitrogens with zero attached hydrogens (tertiary/aromatic N) is 2. The van der Waals surface area contributed by atoms with Crippen molar-refractivity contribution < 1.29 is 9.13 Å². The number of hydrogen-bond donors (Lipinski definition) is 0. The molecule has 1 aromatic heterocycles. The first-order valence-electron chi connectivity index (χ1n) is 4.70. The molecule has 3 nitrogen and oxygen atoms in total. The second-order valence-corrected chi connectivity index (χ2v) is 3.45. The van der Waals surface area contributed by atoms with Crippen LogP contribution < -0.4 is 4.90 Å². The van der Waals surface area contributed by atoms with Crippen molar-refractivity contribution in [3.63, 3.8) is 0 Å². The minimum absolute atomic E-state index is 0.323. The molecule has 1 aromatic rings. The van der Waals surface area contributed by atoms with E-state index < -0.39 is 5.95 Å². The topological polar surface area (TPSA) is 25.4 Å². The van der Waals surface area contributed by atoms with Crippen LogP contribution in [0.1, 0.15) is 6.42 Å². The molecule has 1 fully saturated rings. The van der Waals surface area contributed by atoms with Gasteiger partial charge in [-0.1, -0.05) is 6.07 Å². The predicted octanol–water partition coefficient (Wildman–Crippen LogP) is 1.45. The maximum absolute atomic E-state index is 12.8. The minimum atomic E-state index is -0.437. The molecule has 0 radical (unpaired) electrons. The lowest BCUT2D eigenvalue weighted by Gasteiger charge is -2.23. The van der Waals surface area contributed by atoms with Gasteiger partial charge in [-0.05, 0) is 18.6 Å². The van der Waals surface area contributed by atoms with Crippen LogP contribution in [0.3, 0.4) is 0 Å². The van der Waals surface area contributed by atoms with Gasteiger partial charge in [0.15, 0.2) is 0 Å². The fraction of sp³-hybridized carbons (Fsp3) is 0.500. The third-order valence-electron chi connectivity index (χ3n) is 2.52. The van der Waals surface area contributed by atoms with Gasteiger partial charge in [0.05, 0.1) is 12.6 Å². The highest BCUT2D eigenvalue weighted by Gasteiger charge is 2.21. The van der Waals surface area contributed by atoms with Crippen molar-refractivity contribution >= 4 is 5.82 Å². The molecule has 0 aliphatic carbocycles. The summed E-state index contributed by atoms with van der Waals surface area (Å²) in [5, 5.41) is 0. The molecule has 0 N–H and O–H groups in total. The van der Waals surface area contributed by atoms with Gasteiger partial charge >= 0.3 is 0 Å². The summed E-state index contributed by atoms with van der Waals surface area (Å²) >= 11 is 0. The van der Waals surface area contributed by atoms with E-state index in [9.17, 15) is 4.39 Å². The average molecular weight is 196 g/mol. The Balaban J connectivity index is 2.13. The Hall–Kier alpha value is -1.16. The molecular weight excluding hydrogens is 183 g/mol. The Bertz CT molecular complexity index is 313. The van der Waals surface area contributed by atoms with Crippen LogP contribution in [0.5, 0.6) is 0 Å². The van der Waals surface area contributed by atoms with Crippen LogP contribution in [-0.4, -0.2) is 31.3 Å². The van der Waals surface area contributed by atoms with Gasteiger partial charge in [0.1, 0.15) is 5.82 Å². The van der Waals surface area contributed by atoms with E-state index in [4.69, 9.17) is 4.74 Å². The maximum atomic E-state index is 12.8. The largest absolute Gasteiger partial charge is 0.379 e. The highest BCUT2D eigenvalue weighted by Crippen LogP contribution is 2.17. The van der Waals surface area contributed by atoms with Gasteiger partial charge in [0.25, 0.3) is 0 Å². The standard InChI is InChI=1S/C10H13FN2O/c1-13(8-5-6-14-7-8)10-4-2-3-9(11)12-10/h2-4,8H,5-7H2,1H3. The van der Waals surface area contributed by atoms with Crippen molar-refractivity contribution in [1.29, 1.82) is 0 Å². The molecule has 1 saturated heterocycles. The van der Waals surface area contributed by atoms with E-state index in [1.807, 2.05) is 11.9 Å². The molecule has 0 spiro atoms. The number of ether oxygens (including phenoxy) is 1. The lowest BCUT2D eigenvalue weighted by Crippen LogP contribution is -2.32. The van der Waals surface area contributed by atoms with Gasteiger partial charge < -0.3 is 9.64 Å². The maximum Gasteiger partial charge on any atom is 0.214 e. The number of halogens is 1. The molecule has 2 rings (SSSR count). The monoisotopic (exact) mass is 196 g/mol. The zero-order chi connectivity index (χ0) is 9.97. The van der Waals surface area contributed by atoms with Crippen molar-refractivity contribution in [3.8, 4) is 0 Å². The number of aromatic nitrogens is 1. The molecule has 0 bridgehead atoms. The van der Waals surface area contributed by atoms with Gasteiger partial charge in [-0.25, -0.2) is 4.98 Å². The Morgan fingerprint density at radius 2 is 2.43 bits per heavy atom. The molecule has 1 unspecified atom stereocenters. The van der Waals surface area contributed by atoms with Gasteiger partial charge in [0, 0.05) is 13.7 Å². The zero-order valence-corrected chi connectivity index (χ0v) is 8.11. The summed E-state index contributed by atoms with van der Waals surface area (Å²) in [4.78, 5) is 5.79. The normalized spacial score (nSPS) is 21.1. The van der Waals surface area contributed by atoms with Gasteiger partial charge in [0.2, 0.25) is 5.95 Å². The van der Waals surface area contributed by atoms with Crippen LogP contribution in [0.4, 0.5) is 10.2 Å². The quantitative estimate of drug-likeness (QED) is 0.669. The minimum Gasteiger partial charge on any atom is -0.379 e. The number of pyridine rings is 1. The fourth-order valence-corrected chi connectivity index (χ4v) is 1.61. The van der Waals surface area contributed by atoms with E-state index in [0.717, 1.165) is 13.0 Å². The molecule has 14 heavy (non-hydrogen) atoms. The fourth-order valence-electron chi connectivity index (χ4n) is 1.61. The number of likely N-dealkylation sites (N-methyl/N-ethyl adjacent to an activating group) is 1. The summed E-state index contributed by atoms with van der Waals surface area (Å²) in [6.45, 7) is 1.49. The lowest BCUT2D eigenvalue weighted by molar-refractivity contribution is 0.193. The van der Waals surface area contributed by atoms with E-state index in [0.29, 0.717) is 18.5 Å². The molecule has 76 valence electrons. The zero-order valence-electron chi connectivity index (χ0n) is 8.11. The van der Waals surface area contributed by atoms with Crippen LogP contribution in [0.2, 0.25) is 0 Å². The van der Waals surface area contributed by atoms with Crippen LogP contribution in [-0.2, 0) is 4.74 Å². The predicted molar refractivity (Wildman–Crippen MR) is 51.8 cm³/mol. The molecule has 0 aromatic carbocycles. The van der Waals surface area contributed by atoms with E-state index in [-0.39, 0.29) is 0 Å². The molecule has 1 aliphatic rings. The number of hydrogen-bond acceptors (Lipinski definition) is 3. The first-order valence-corrected chi connectivity index (χ1v) is 4.70. The number of rotatable bonds is 2. The highest BCUT2D eigenvalue weighted by molar-refractivity contribution is 5.38. The summed E-state index contributed by atoms with van der Waals surface area (Å²) < 4.78 is 18.1. The van der Waals surface area contributed by atoms with Crippen molar-refractivity contribution in [1.82, 2.24) is 4.98 Å². The summed E-state index contributed by atoms with van der Waals surface area (Å²) in [7, 11) is 1.92. The van der Waals surface area contributed by atoms with Crippen molar-refractivity contribution in [2.45, 2.75) is 12.5 Å². The van der Waals surface area contributed by atoms with Crippen molar-refractivity contribution in [3.05, 3.63) is 24.1 Å². The van der Waals surface area contributed by atoms with E-state index in [1.54, 1.807) is 12.1 Å². The summed E-state index contributed by atoms with van der Waals surface area (Å²) in [5.74, 6) is 0.230. The first kappa shape index (κ1) is 9.40. The summed E-state index contributed by atoms with van der Waals surface area (Å²) in [6, 6.07) is 5.15. The third kappa shape index (κ3) is 1.85. The van der Waals surface area contributed by atoms with Crippen LogP contribution in [0, 0.1) is 5.95 Å². The van der Waals surface area contributed by atoms with Crippen LogP contribution in [0.15, 0.2) is 18.2 Å². The Morgan fingerprint density at radius 3 is 3.07 bits per heavy atom. The highest BCUT2D eigenvalue weighted by atomic mass is 19.1. The summed E-state index contributed by atoms with van der Waals surface area (Å²) in [5.41, 5.74) is 0. The van der Waals surface area contributed by atoms with Crippen LogP contribution in [0.25, 0.3) is 0 Å². The van der Waals surface area contributed by atoms with Crippen LogP contribution >= 0.6 is 0 Å². The number of anilines is 1. The molecule has 1 aliphatic heterocycles. The second kappa shape index (κ2) is 3.92. The molecular formula is C10H13FN2O. The van der Waals surface area contributed by atoms with Crippen molar-refractivity contribution in [2.75, 3.05) is 25.2 Å². The van der Waals surface area contributed by atoms with Crippen molar-refractivity contribution in [2.24, 2.45) is 0 Å². The van der Waals surface area contributed by atoms with Gasteiger partial charge in [-0.15, -0.1) is 0 Å². The lowest BCUT2D eigenvalue weighted by atomic mass is 10.2. The Labute approximate surface area is 82.5 Å². The van der Waals surface area contributed by atoms with Gasteiger partial charge in [-0.3, -0.25) is 0 Å². The molecule has 0 amide bonds. The molecule has 0 saturated carbocycles. The molecule has 4 heteroatoms. The first-order chi connectivity index (χ1) is 6.77. The van der Waals surface area contributed by atoms with E-state index in [2.05, 4.69) is 4.98 Å². The van der Waals surface area contributed by atoms with E-state index >= 15 is 0 Å². The summed E-state index contributed by atoms with van der Waals surface area (Å²) in [6.07, 6.45) is 0.981. The Morgan fingerprint density at radius 1 is 1.57 bits per heavy atom. The SMILES string of the molecule is CN(c1cccc(F)n1)C1CCOC1. The van der Waals surface area contributed by atoms with Gasteiger partial charge in [-0.2, -0.15) is 4.39 Å². The van der Waals surface area contributed by atoms with E-state index in [1.165, 1.54) is 6.07 Å².